The predicted molar refractivity (Wildman–Crippen MR) is 230 cm³/mol. The molecule has 3 aromatic carbocycles. The molecule has 0 aliphatic heterocycles. The smallest absolute Gasteiger partial charge is 0.0663 e. The van der Waals surface area contributed by atoms with E-state index in [2.05, 4.69) is 183 Å². The van der Waals surface area contributed by atoms with Crippen LogP contribution in [0.4, 0.5) is 0 Å². The van der Waals surface area contributed by atoms with Gasteiger partial charge in [-0.15, -0.1) is 0 Å². The summed E-state index contributed by atoms with van der Waals surface area (Å²) in [5, 5.41) is 2.74. The molecule has 0 saturated heterocycles. The second kappa shape index (κ2) is 14.2. The van der Waals surface area contributed by atoms with E-state index in [4.69, 9.17) is 0 Å². The maximum Gasteiger partial charge on any atom is 0.0663 e. The molecule has 1 fully saturated rings. The molecular formula is C51H52N2. The Labute approximate surface area is 316 Å². The van der Waals surface area contributed by atoms with Gasteiger partial charge in [0.2, 0.25) is 0 Å². The first-order valence-corrected chi connectivity index (χ1v) is 19.7. The van der Waals surface area contributed by atoms with Crippen LogP contribution in [0.15, 0.2) is 145 Å². The number of aryl methyl sites for hydroxylation is 1. The molecule has 10 rings (SSSR count). The fourth-order valence-electron chi connectivity index (χ4n) is 9.29. The number of para-hydroxylation sites is 2. The van der Waals surface area contributed by atoms with Crippen molar-refractivity contribution in [2.24, 2.45) is 5.92 Å². The Balaban J connectivity index is 0.000000198. The summed E-state index contributed by atoms with van der Waals surface area (Å²) in [6.45, 7) is 13.1. The summed E-state index contributed by atoms with van der Waals surface area (Å²) in [5.74, 6) is 1.38. The maximum absolute atomic E-state index is 2.71. The van der Waals surface area contributed by atoms with Gasteiger partial charge in [0.25, 0.3) is 0 Å². The second-order valence-electron chi connectivity index (χ2n) is 15.2. The van der Waals surface area contributed by atoms with Crippen LogP contribution in [0.5, 0.6) is 0 Å². The molecule has 0 radical (unpaired) electrons. The van der Waals surface area contributed by atoms with Crippen molar-refractivity contribution in [3.05, 3.63) is 178 Å². The monoisotopic (exact) mass is 692 g/mol. The van der Waals surface area contributed by atoms with Crippen LogP contribution in [-0.4, -0.2) is 9.13 Å². The van der Waals surface area contributed by atoms with E-state index in [1.54, 1.807) is 5.69 Å². The van der Waals surface area contributed by atoms with Gasteiger partial charge < -0.3 is 9.13 Å². The topological polar surface area (TPSA) is 9.86 Å². The molecule has 2 nitrogen and oxygen atoms in total. The van der Waals surface area contributed by atoms with Crippen molar-refractivity contribution >= 4 is 45.2 Å². The van der Waals surface area contributed by atoms with Crippen LogP contribution in [0, 0.1) is 12.8 Å². The van der Waals surface area contributed by atoms with Crippen LogP contribution in [0.2, 0.25) is 0 Å². The molecule has 0 N–H and O–H groups in total. The quantitative estimate of drug-likeness (QED) is 0.178. The van der Waals surface area contributed by atoms with E-state index in [-0.39, 0.29) is 5.54 Å². The van der Waals surface area contributed by atoms with E-state index in [1.165, 1.54) is 78.6 Å². The van der Waals surface area contributed by atoms with Crippen LogP contribution in [-0.2, 0) is 12.0 Å². The van der Waals surface area contributed by atoms with Crippen LogP contribution >= 0.6 is 0 Å². The molecule has 0 bridgehead atoms. The largest absolute Gasteiger partial charge is 0.334 e. The molecule has 5 aliphatic carbocycles. The molecule has 1 saturated carbocycles. The van der Waals surface area contributed by atoms with Gasteiger partial charge in [-0.2, -0.15) is 0 Å². The minimum absolute atomic E-state index is 0.131. The van der Waals surface area contributed by atoms with Crippen molar-refractivity contribution in [1.29, 1.82) is 0 Å². The first-order chi connectivity index (χ1) is 25.9. The Morgan fingerprint density at radius 3 is 2.17 bits per heavy atom. The zero-order chi connectivity index (χ0) is 36.7. The molecule has 2 heteroatoms. The van der Waals surface area contributed by atoms with E-state index in [9.17, 15) is 0 Å². The number of allylic oxidation sites excluding steroid dienone is 14. The fraction of sp³-hybridized carbons (Fsp3) is 0.255. The molecule has 2 aromatic heterocycles. The highest BCUT2D eigenvalue weighted by molar-refractivity contribution is 5.95. The van der Waals surface area contributed by atoms with E-state index >= 15 is 0 Å². The molecule has 0 spiro atoms. The summed E-state index contributed by atoms with van der Waals surface area (Å²) in [4.78, 5) is 0. The van der Waals surface area contributed by atoms with Crippen molar-refractivity contribution in [3.63, 3.8) is 0 Å². The summed E-state index contributed by atoms with van der Waals surface area (Å²) in [7, 11) is 0. The zero-order valence-electron chi connectivity index (χ0n) is 32.2. The lowest BCUT2D eigenvalue weighted by atomic mass is 9.86. The summed E-state index contributed by atoms with van der Waals surface area (Å²) < 4.78 is 5.28. The minimum atomic E-state index is -0.131. The van der Waals surface area contributed by atoms with Crippen molar-refractivity contribution < 1.29 is 0 Å². The van der Waals surface area contributed by atoms with Crippen molar-refractivity contribution in [2.75, 3.05) is 0 Å². The maximum atomic E-state index is 2.71. The van der Waals surface area contributed by atoms with E-state index in [0.29, 0.717) is 5.92 Å². The van der Waals surface area contributed by atoms with Gasteiger partial charge in [-0.25, -0.2) is 0 Å². The van der Waals surface area contributed by atoms with Crippen molar-refractivity contribution in [3.8, 4) is 0 Å². The number of nitrogens with zero attached hydrogens (tertiary/aromatic N) is 2. The van der Waals surface area contributed by atoms with Crippen LogP contribution < -0.4 is 0 Å². The number of fused-ring (bicyclic) bond motifs is 8. The normalized spacial score (nSPS) is 22.1. The lowest BCUT2D eigenvalue weighted by Crippen LogP contribution is -2.33. The average molecular weight is 693 g/mol. The number of benzene rings is 3. The van der Waals surface area contributed by atoms with Gasteiger partial charge in [-0.1, -0.05) is 147 Å². The number of hydrogen-bond donors (Lipinski definition) is 0. The van der Waals surface area contributed by atoms with Gasteiger partial charge >= 0.3 is 0 Å². The lowest BCUT2D eigenvalue weighted by molar-refractivity contribution is 0.409. The van der Waals surface area contributed by atoms with Crippen LogP contribution in [0.3, 0.4) is 0 Å². The van der Waals surface area contributed by atoms with Gasteiger partial charge in [0.05, 0.1) is 11.1 Å². The van der Waals surface area contributed by atoms with Gasteiger partial charge in [0.1, 0.15) is 0 Å². The molecule has 2 heterocycles. The molecule has 3 atom stereocenters. The van der Waals surface area contributed by atoms with Gasteiger partial charge in [-0.3, -0.25) is 0 Å². The molecule has 53 heavy (non-hydrogen) atoms. The van der Waals surface area contributed by atoms with E-state index in [1.807, 2.05) is 13.8 Å². The number of hydrogen-bond acceptors (Lipinski definition) is 0. The van der Waals surface area contributed by atoms with Gasteiger partial charge in [0.15, 0.2) is 0 Å². The van der Waals surface area contributed by atoms with E-state index < -0.39 is 0 Å². The number of aromatic nitrogens is 2. The SMILES string of the molecule is CC.CC1=C(c2ccccc2C)CC=CC=C1.CC1=CC(C)(n2c3c(c4ccccc42)C=CC2CC32)CC(n2c3c(c4ccccc42)C=CC=CC3)=C1. The molecular weight excluding hydrogens is 641 g/mol. The Bertz CT molecular complexity index is 2470. The highest BCUT2D eigenvalue weighted by Gasteiger charge is 2.46. The summed E-state index contributed by atoms with van der Waals surface area (Å²) >= 11 is 0. The third-order valence-electron chi connectivity index (χ3n) is 11.6. The molecule has 0 amide bonds. The summed E-state index contributed by atoms with van der Waals surface area (Å²) in [6, 6.07) is 26.6. The average Bonchev–Trinajstić information content (AvgIpc) is 3.91. The minimum Gasteiger partial charge on any atom is -0.334 e. The Hall–Kier alpha value is -5.34. The predicted octanol–water partition coefficient (Wildman–Crippen LogP) is 13.8. The first-order valence-electron chi connectivity index (χ1n) is 19.7. The van der Waals surface area contributed by atoms with Gasteiger partial charge in [-0.05, 0) is 86.9 Å². The highest BCUT2D eigenvalue weighted by Crippen LogP contribution is 2.56. The van der Waals surface area contributed by atoms with Crippen LogP contribution in [0.25, 0.3) is 45.2 Å². The molecule has 5 aromatic rings. The molecule has 3 unspecified atom stereocenters. The summed E-state index contributed by atoms with van der Waals surface area (Å²) in [5.41, 5.74) is 16.6. The van der Waals surface area contributed by atoms with Crippen LogP contribution in [0.1, 0.15) is 93.4 Å². The fourth-order valence-corrected chi connectivity index (χ4v) is 9.29. The molecule has 5 aliphatic rings. The Morgan fingerprint density at radius 1 is 0.698 bits per heavy atom. The van der Waals surface area contributed by atoms with Gasteiger partial charge in [0, 0.05) is 63.3 Å². The Morgan fingerprint density at radius 2 is 1.38 bits per heavy atom. The van der Waals surface area contributed by atoms with E-state index in [0.717, 1.165) is 25.2 Å². The third kappa shape index (κ3) is 6.19. The lowest BCUT2D eigenvalue weighted by Gasteiger charge is -2.37. The second-order valence-corrected chi connectivity index (χ2v) is 15.2. The van der Waals surface area contributed by atoms with Crippen molar-refractivity contribution in [1.82, 2.24) is 9.13 Å². The summed E-state index contributed by atoms with van der Waals surface area (Å²) in [6.07, 6.45) is 31.6. The number of rotatable bonds is 3. The molecule has 266 valence electrons. The standard InChI is InChI=1S/C34H30N2.C15H16.C2H6/c1-22-18-24(35-30-13-5-3-4-10-25(30)26-11-6-8-14-31(26)35)21-34(2,20-22)36-32-15-9-7-12-27(32)28-17-16-23-19-29(23)33(28)36;1-12-8-4-3-5-10-14(12)15-11-7-6-9-13(15)2;1-2/h3-12,14-18,20,23,29H,13,19,21H2,1-2H3;3-9,11H,10H2,1-2H3;1-2H3. The van der Waals surface area contributed by atoms with Crippen molar-refractivity contribution in [2.45, 2.75) is 78.7 Å². The zero-order valence-corrected chi connectivity index (χ0v) is 32.2. The highest BCUT2D eigenvalue weighted by atomic mass is 15.1. The first kappa shape index (κ1) is 34.7. The third-order valence-corrected chi connectivity index (χ3v) is 11.6. The Kier molecular flexibility index (Phi) is 9.33.